The average molecular weight is 606 g/mol. The van der Waals surface area contributed by atoms with Gasteiger partial charge in [-0.05, 0) is 29.1 Å². The van der Waals surface area contributed by atoms with Crippen molar-refractivity contribution in [2.75, 3.05) is 13.0 Å². The van der Waals surface area contributed by atoms with Crippen molar-refractivity contribution in [1.29, 1.82) is 0 Å². The maximum atomic E-state index is 15.7. The van der Waals surface area contributed by atoms with E-state index >= 15 is 17.6 Å². The lowest BCUT2D eigenvalue weighted by molar-refractivity contribution is 0.0587. The second-order valence-corrected chi connectivity index (χ2v) is 15.0. The van der Waals surface area contributed by atoms with E-state index in [1.165, 1.54) is 0 Å². The van der Waals surface area contributed by atoms with Crippen LogP contribution in [0.4, 0.5) is 23.2 Å². The molecule has 0 aromatic heterocycles. The summed E-state index contributed by atoms with van der Waals surface area (Å²) in [7, 11) is -3.54. The molecule has 0 saturated heterocycles. The first-order chi connectivity index (χ1) is 20.4. The van der Waals surface area contributed by atoms with Gasteiger partial charge in [-0.2, -0.15) is 0 Å². The molecule has 42 heavy (non-hydrogen) atoms. The molecular formula is C33H25F4NO2P2. The summed E-state index contributed by atoms with van der Waals surface area (Å²) in [6, 6.07) is 37.6. The predicted octanol–water partition coefficient (Wildman–Crippen LogP) is 7.60. The van der Waals surface area contributed by atoms with Gasteiger partial charge in [0.05, 0.1) is 7.11 Å². The SMILES string of the molecule is COC(=O)c1c(F)c(F)c(N=P(CP(c2ccccc2)c2ccccc2)(c2ccccc2)c2ccccc2)c(F)c1F. The Bertz CT molecular complexity index is 1640. The number of carbonyl (C=O) groups excluding carboxylic acids is 1. The maximum Gasteiger partial charge on any atom is 0.344 e. The van der Waals surface area contributed by atoms with Gasteiger partial charge in [-0.15, -0.1) is 0 Å². The molecule has 0 aliphatic heterocycles. The van der Waals surface area contributed by atoms with Gasteiger partial charge in [-0.1, -0.05) is 121 Å². The summed E-state index contributed by atoms with van der Waals surface area (Å²) in [6.07, 6.45) is 0. The van der Waals surface area contributed by atoms with E-state index in [-0.39, 0.29) is 0 Å². The molecule has 5 rings (SSSR count). The van der Waals surface area contributed by atoms with E-state index in [0.717, 1.165) is 17.7 Å². The minimum absolute atomic E-state index is 0.311. The van der Waals surface area contributed by atoms with Gasteiger partial charge in [0.15, 0.2) is 23.3 Å². The Morgan fingerprint density at radius 2 is 1.02 bits per heavy atom. The number of hydrogen-bond donors (Lipinski definition) is 0. The zero-order valence-corrected chi connectivity index (χ0v) is 24.2. The molecule has 5 aromatic rings. The zero-order valence-electron chi connectivity index (χ0n) is 22.4. The summed E-state index contributed by atoms with van der Waals surface area (Å²) in [6.45, 7) is 0. The third kappa shape index (κ3) is 5.68. The first kappa shape index (κ1) is 29.4. The van der Waals surface area contributed by atoms with Crippen molar-refractivity contribution in [1.82, 2.24) is 0 Å². The fourth-order valence-electron chi connectivity index (χ4n) is 4.70. The number of benzene rings is 5. The van der Waals surface area contributed by atoms with Crippen molar-refractivity contribution in [2.24, 2.45) is 4.74 Å². The molecule has 212 valence electrons. The summed E-state index contributed by atoms with van der Waals surface area (Å²) < 4.78 is 70.8. The lowest BCUT2D eigenvalue weighted by Crippen LogP contribution is -2.23. The van der Waals surface area contributed by atoms with E-state index in [2.05, 4.69) is 4.74 Å². The Hall–Kier alpha value is -4.05. The van der Waals surface area contributed by atoms with Gasteiger partial charge in [0.2, 0.25) is 0 Å². The number of ether oxygens (including phenoxy) is 1. The number of hydrogen-bond acceptors (Lipinski definition) is 3. The monoisotopic (exact) mass is 605 g/mol. The second-order valence-electron chi connectivity index (χ2n) is 9.25. The Kier molecular flexibility index (Phi) is 9.01. The molecule has 0 fully saturated rings. The van der Waals surface area contributed by atoms with Crippen molar-refractivity contribution in [3.05, 3.63) is 150 Å². The largest absolute Gasteiger partial charge is 0.465 e. The van der Waals surface area contributed by atoms with Crippen LogP contribution in [-0.2, 0) is 4.74 Å². The Morgan fingerprint density at radius 1 is 0.643 bits per heavy atom. The quantitative estimate of drug-likeness (QED) is 0.0791. The van der Waals surface area contributed by atoms with Gasteiger partial charge in [0.25, 0.3) is 0 Å². The van der Waals surface area contributed by atoms with E-state index in [4.69, 9.17) is 4.74 Å². The molecule has 5 aromatic carbocycles. The normalized spacial score (nSPS) is 11.4. The highest BCUT2D eigenvalue weighted by atomic mass is 31.2. The number of carbonyl (C=O) groups is 1. The molecule has 0 radical (unpaired) electrons. The van der Waals surface area contributed by atoms with Crippen LogP contribution in [0.2, 0.25) is 0 Å². The topological polar surface area (TPSA) is 38.7 Å². The number of esters is 1. The summed E-state index contributed by atoms with van der Waals surface area (Å²) in [5.74, 6) is -8.44. The number of nitrogens with zero attached hydrogens (tertiary/aromatic N) is 1. The van der Waals surface area contributed by atoms with Crippen LogP contribution in [0.5, 0.6) is 0 Å². The molecular weight excluding hydrogens is 580 g/mol. The van der Waals surface area contributed by atoms with Crippen LogP contribution in [0.15, 0.2) is 126 Å². The standard InChI is InChI=1S/C33H25F4NO2P2/c1-40-33(39)27-28(34)30(36)32(31(37)29(27)35)38-42(25-18-10-4-11-19-25,26-20-12-5-13-21-26)22-41(23-14-6-2-7-15-23)24-16-8-3-9-17-24/h2-21H,22H2,1H3. The smallest absolute Gasteiger partial charge is 0.344 e. The highest BCUT2D eigenvalue weighted by molar-refractivity contribution is 7.92. The zero-order chi connectivity index (χ0) is 29.7. The van der Waals surface area contributed by atoms with Gasteiger partial charge in [0, 0.05) is 13.0 Å². The van der Waals surface area contributed by atoms with Crippen LogP contribution in [-0.4, -0.2) is 19.0 Å². The third-order valence-electron chi connectivity index (χ3n) is 6.75. The number of rotatable bonds is 8. The van der Waals surface area contributed by atoms with Gasteiger partial charge in [0.1, 0.15) is 11.3 Å². The fraction of sp³-hybridized carbons (Fsp3) is 0.0606. The van der Waals surface area contributed by atoms with Gasteiger partial charge in [-0.3, -0.25) is 4.74 Å². The summed E-state index contributed by atoms with van der Waals surface area (Å²) in [4.78, 5) is 12.0. The highest BCUT2D eigenvalue weighted by Gasteiger charge is 2.35. The first-order valence-electron chi connectivity index (χ1n) is 12.9. The first-order valence-corrected chi connectivity index (χ1v) is 16.4. The van der Waals surface area contributed by atoms with Gasteiger partial charge >= 0.3 is 5.97 Å². The summed E-state index contributed by atoms with van der Waals surface area (Å²) in [5, 5.41) is 3.36. The van der Waals surface area contributed by atoms with Gasteiger partial charge < -0.3 is 4.74 Å². The van der Waals surface area contributed by atoms with Crippen LogP contribution in [0.25, 0.3) is 0 Å². The molecule has 0 unspecified atom stereocenters. The molecule has 0 N–H and O–H groups in total. The Morgan fingerprint density at radius 3 is 1.40 bits per heavy atom. The van der Waals surface area contributed by atoms with Crippen LogP contribution >= 0.6 is 15.0 Å². The van der Waals surface area contributed by atoms with Crippen molar-refractivity contribution in [3.8, 4) is 0 Å². The Balaban J connectivity index is 1.89. The minimum atomic E-state index is -3.22. The van der Waals surface area contributed by atoms with Crippen molar-refractivity contribution < 1.29 is 27.1 Å². The van der Waals surface area contributed by atoms with E-state index < -0.39 is 55.5 Å². The van der Waals surface area contributed by atoms with E-state index in [0.29, 0.717) is 16.5 Å². The second kappa shape index (κ2) is 12.9. The van der Waals surface area contributed by atoms with Crippen LogP contribution in [0.1, 0.15) is 10.4 Å². The van der Waals surface area contributed by atoms with Crippen molar-refractivity contribution in [2.45, 2.75) is 0 Å². The molecule has 3 nitrogen and oxygen atoms in total. The van der Waals surface area contributed by atoms with Crippen LogP contribution < -0.4 is 21.2 Å². The number of halogens is 4. The van der Waals surface area contributed by atoms with Crippen molar-refractivity contribution >= 4 is 47.9 Å². The molecule has 0 aliphatic rings. The molecule has 0 heterocycles. The van der Waals surface area contributed by atoms with E-state index in [1.807, 2.05) is 97.1 Å². The van der Waals surface area contributed by atoms with Crippen LogP contribution in [0, 0.1) is 23.3 Å². The average Bonchev–Trinajstić information content (AvgIpc) is 3.05. The van der Waals surface area contributed by atoms with E-state index in [1.54, 1.807) is 24.3 Å². The molecule has 9 heteroatoms. The lowest BCUT2D eigenvalue weighted by Gasteiger charge is -2.31. The van der Waals surface area contributed by atoms with Gasteiger partial charge in [-0.25, -0.2) is 22.4 Å². The maximum absolute atomic E-state index is 15.7. The third-order valence-corrected chi connectivity index (χ3v) is 14.2. The molecule has 0 bridgehead atoms. The molecule has 0 amide bonds. The van der Waals surface area contributed by atoms with E-state index in [9.17, 15) is 4.79 Å². The predicted molar refractivity (Wildman–Crippen MR) is 163 cm³/mol. The molecule has 0 spiro atoms. The fourth-order valence-corrected chi connectivity index (χ4v) is 12.9. The molecule has 0 aliphatic carbocycles. The Labute approximate surface area is 242 Å². The minimum Gasteiger partial charge on any atom is -0.465 e. The lowest BCUT2D eigenvalue weighted by atomic mass is 10.1. The van der Waals surface area contributed by atoms with Crippen molar-refractivity contribution in [3.63, 3.8) is 0 Å². The van der Waals surface area contributed by atoms with Crippen LogP contribution in [0.3, 0.4) is 0 Å². The highest BCUT2D eigenvalue weighted by Crippen LogP contribution is 2.59. The molecule has 0 atom stereocenters. The molecule has 0 saturated carbocycles. The summed E-state index contributed by atoms with van der Waals surface area (Å²) >= 11 is 0. The summed E-state index contributed by atoms with van der Waals surface area (Å²) in [5.41, 5.74) is -2.54. The number of methoxy groups -OCH3 is 1.